The van der Waals surface area contributed by atoms with E-state index in [1.807, 2.05) is 0 Å². The summed E-state index contributed by atoms with van der Waals surface area (Å²) >= 11 is 0. The number of hydrogen-bond acceptors (Lipinski definition) is 5. The molecule has 1 aromatic rings. The van der Waals surface area contributed by atoms with Crippen LogP contribution in [0.3, 0.4) is 0 Å². The van der Waals surface area contributed by atoms with E-state index in [-0.39, 0.29) is 29.8 Å². The number of phenolic OH excluding ortho intramolecular Hbond substituents is 1. The molecule has 8 nitrogen and oxygen atoms in total. The molecule has 0 aliphatic rings. The van der Waals surface area contributed by atoms with Crippen LogP contribution in [0.4, 0.5) is 0 Å². The minimum absolute atomic E-state index is 0.0119. The minimum atomic E-state index is -1.46. The Morgan fingerprint density at radius 2 is 2.11 bits per heavy atom. The van der Waals surface area contributed by atoms with Crippen molar-refractivity contribution in [3.63, 3.8) is 0 Å². The van der Waals surface area contributed by atoms with E-state index in [1.54, 1.807) is 0 Å². The van der Waals surface area contributed by atoms with E-state index in [0.717, 1.165) is 12.1 Å². The Balaban J connectivity index is 2.91. The van der Waals surface area contributed by atoms with Gasteiger partial charge in [-0.3, -0.25) is 0 Å². The van der Waals surface area contributed by atoms with Crippen LogP contribution in [0.15, 0.2) is 23.3 Å². The van der Waals surface area contributed by atoms with Gasteiger partial charge in [-0.05, 0) is 30.2 Å². The van der Waals surface area contributed by atoms with Crippen molar-refractivity contribution in [2.24, 2.45) is 5.11 Å². The predicted molar refractivity (Wildman–Crippen MR) is 64.7 cm³/mol. The highest BCUT2D eigenvalue weighted by Gasteiger charge is 2.22. The van der Waals surface area contributed by atoms with Gasteiger partial charge in [0.1, 0.15) is 11.9 Å². The molecule has 0 aromatic heterocycles. The lowest BCUT2D eigenvalue weighted by Crippen LogP contribution is -2.19. The summed E-state index contributed by atoms with van der Waals surface area (Å²) in [5, 5.41) is 41.1. The van der Waals surface area contributed by atoms with Crippen LogP contribution in [0.25, 0.3) is 10.4 Å². The number of carboxylic acids is 1. The molecule has 8 heteroatoms. The number of carbonyl (C=O) groups is 1. The normalized spacial score (nSPS) is 13.4. The maximum absolute atomic E-state index is 10.8. The maximum Gasteiger partial charge on any atom is 0.335 e. The Labute approximate surface area is 108 Å². The summed E-state index contributed by atoms with van der Waals surface area (Å²) in [6, 6.07) is 3.39. The number of phenols is 1. The molecule has 2 unspecified atom stereocenters. The van der Waals surface area contributed by atoms with Crippen LogP contribution in [0.1, 0.15) is 28.4 Å². The maximum atomic E-state index is 10.8. The zero-order valence-corrected chi connectivity index (χ0v) is 9.84. The zero-order chi connectivity index (χ0) is 14.4. The number of benzene rings is 1. The number of nitrogens with zero attached hydrogens (tertiary/aromatic N) is 3. The lowest BCUT2D eigenvalue weighted by atomic mass is 9.99. The molecule has 0 saturated carbocycles. The molecule has 102 valence electrons. The first-order chi connectivity index (χ1) is 8.97. The van der Waals surface area contributed by atoms with Crippen molar-refractivity contribution in [2.75, 3.05) is 6.54 Å². The molecular formula is C11H13N3O5. The van der Waals surface area contributed by atoms with E-state index in [9.17, 15) is 20.1 Å². The summed E-state index contributed by atoms with van der Waals surface area (Å²) in [5.74, 6) is -1.53. The quantitative estimate of drug-likeness (QED) is 0.347. The van der Waals surface area contributed by atoms with Gasteiger partial charge < -0.3 is 20.4 Å². The first-order valence-electron chi connectivity index (χ1n) is 5.40. The Hall–Kier alpha value is -2.28. The van der Waals surface area contributed by atoms with Gasteiger partial charge in [0.05, 0.1) is 11.7 Å². The molecule has 0 aliphatic heterocycles. The van der Waals surface area contributed by atoms with E-state index in [2.05, 4.69) is 10.0 Å². The van der Waals surface area contributed by atoms with E-state index >= 15 is 0 Å². The fourth-order valence-corrected chi connectivity index (χ4v) is 1.52. The standard InChI is InChI=1S/C11H13N3O5/c12-14-13-4-3-9(16)10(17)7-5-6(11(18)19)1-2-8(7)15/h1-2,5,9-10,15-17H,3-4H2,(H,18,19). The van der Waals surface area contributed by atoms with Crippen molar-refractivity contribution < 1.29 is 25.2 Å². The molecule has 4 N–H and O–H groups in total. The van der Waals surface area contributed by atoms with Gasteiger partial charge in [-0.2, -0.15) is 0 Å². The van der Waals surface area contributed by atoms with Gasteiger partial charge in [0.2, 0.25) is 0 Å². The summed E-state index contributed by atoms with van der Waals surface area (Å²) in [6.45, 7) is -0.0197. The van der Waals surface area contributed by atoms with Gasteiger partial charge in [0, 0.05) is 17.0 Å². The van der Waals surface area contributed by atoms with Crippen molar-refractivity contribution >= 4 is 5.97 Å². The average molecular weight is 267 g/mol. The first-order valence-corrected chi connectivity index (χ1v) is 5.40. The van der Waals surface area contributed by atoms with E-state index < -0.39 is 18.2 Å². The van der Waals surface area contributed by atoms with Crippen LogP contribution in [-0.2, 0) is 0 Å². The topological polar surface area (TPSA) is 147 Å². The Morgan fingerprint density at radius 1 is 1.42 bits per heavy atom. The Bertz CT molecular complexity index is 513. The molecule has 1 rings (SSSR count). The lowest BCUT2D eigenvalue weighted by molar-refractivity contribution is 0.0136. The van der Waals surface area contributed by atoms with Crippen LogP contribution in [-0.4, -0.2) is 39.0 Å². The monoisotopic (exact) mass is 267 g/mol. The van der Waals surface area contributed by atoms with Crippen LogP contribution >= 0.6 is 0 Å². The average Bonchev–Trinajstić information content (AvgIpc) is 2.38. The highest BCUT2D eigenvalue weighted by atomic mass is 16.4. The van der Waals surface area contributed by atoms with Crippen molar-refractivity contribution in [3.8, 4) is 5.75 Å². The third-order valence-electron chi connectivity index (χ3n) is 2.55. The van der Waals surface area contributed by atoms with Gasteiger partial charge >= 0.3 is 5.97 Å². The third-order valence-corrected chi connectivity index (χ3v) is 2.55. The van der Waals surface area contributed by atoms with E-state index in [4.69, 9.17) is 10.6 Å². The van der Waals surface area contributed by atoms with Crippen molar-refractivity contribution in [1.82, 2.24) is 0 Å². The minimum Gasteiger partial charge on any atom is -0.508 e. The molecule has 0 amide bonds. The summed E-state index contributed by atoms with van der Waals surface area (Å²) < 4.78 is 0. The number of aromatic carboxylic acids is 1. The van der Waals surface area contributed by atoms with Crippen LogP contribution in [0.5, 0.6) is 5.75 Å². The van der Waals surface area contributed by atoms with Crippen LogP contribution < -0.4 is 0 Å². The van der Waals surface area contributed by atoms with Crippen molar-refractivity contribution in [3.05, 3.63) is 39.8 Å². The largest absolute Gasteiger partial charge is 0.508 e. The summed E-state index contributed by atoms with van der Waals surface area (Å²) in [5.41, 5.74) is 7.88. The highest BCUT2D eigenvalue weighted by molar-refractivity contribution is 5.88. The number of rotatable bonds is 6. The number of azide groups is 1. The van der Waals surface area contributed by atoms with Gasteiger partial charge in [0.25, 0.3) is 0 Å². The molecule has 19 heavy (non-hydrogen) atoms. The number of hydrogen-bond donors (Lipinski definition) is 4. The molecule has 0 fully saturated rings. The van der Waals surface area contributed by atoms with Gasteiger partial charge in [-0.1, -0.05) is 5.11 Å². The van der Waals surface area contributed by atoms with Gasteiger partial charge in [0.15, 0.2) is 0 Å². The number of aliphatic hydroxyl groups is 2. The lowest BCUT2D eigenvalue weighted by Gasteiger charge is -2.18. The van der Waals surface area contributed by atoms with Gasteiger partial charge in [-0.15, -0.1) is 0 Å². The Morgan fingerprint density at radius 3 is 2.68 bits per heavy atom. The smallest absolute Gasteiger partial charge is 0.335 e. The van der Waals surface area contributed by atoms with E-state index in [0.29, 0.717) is 0 Å². The predicted octanol–water partition coefficient (Wildman–Crippen LogP) is 1.19. The number of aliphatic hydroxyl groups excluding tert-OH is 2. The van der Waals surface area contributed by atoms with E-state index in [1.165, 1.54) is 6.07 Å². The summed E-state index contributed by atoms with van der Waals surface area (Å²) in [7, 11) is 0. The zero-order valence-electron chi connectivity index (χ0n) is 9.84. The molecule has 0 radical (unpaired) electrons. The van der Waals surface area contributed by atoms with Crippen molar-refractivity contribution in [2.45, 2.75) is 18.6 Å². The summed E-state index contributed by atoms with van der Waals surface area (Å²) in [6.07, 6.45) is -2.75. The SMILES string of the molecule is [N-]=[N+]=NCCC(O)C(O)c1cc(C(=O)O)ccc1O. The number of aromatic hydroxyl groups is 1. The summed E-state index contributed by atoms with van der Waals surface area (Å²) in [4.78, 5) is 13.3. The second-order valence-corrected chi connectivity index (χ2v) is 3.83. The van der Waals surface area contributed by atoms with Crippen LogP contribution in [0, 0.1) is 0 Å². The Kier molecular flexibility index (Phi) is 5.13. The molecule has 0 heterocycles. The number of carboxylic acid groups (broad SMARTS) is 1. The molecule has 0 spiro atoms. The second-order valence-electron chi connectivity index (χ2n) is 3.83. The second kappa shape index (κ2) is 6.60. The fraction of sp³-hybridized carbons (Fsp3) is 0.364. The third kappa shape index (κ3) is 3.85. The van der Waals surface area contributed by atoms with Gasteiger partial charge in [-0.25, -0.2) is 4.79 Å². The highest BCUT2D eigenvalue weighted by Crippen LogP contribution is 2.28. The molecule has 2 atom stereocenters. The molecule has 1 aromatic carbocycles. The fourth-order valence-electron chi connectivity index (χ4n) is 1.52. The molecule has 0 saturated heterocycles. The van der Waals surface area contributed by atoms with Crippen molar-refractivity contribution in [1.29, 1.82) is 0 Å². The molecular weight excluding hydrogens is 254 g/mol. The first kappa shape index (κ1) is 14.8. The van der Waals surface area contributed by atoms with Crippen LogP contribution in [0.2, 0.25) is 0 Å². The molecule has 0 aliphatic carbocycles. The molecule has 0 bridgehead atoms.